The molecule has 6 nitrogen and oxygen atoms in total. The van der Waals surface area contributed by atoms with Gasteiger partial charge in [0.15, 0.2) is 10.9 Å². The van der Waals surface area contributed by atoms with Crippen LogP contribution < -0.4 is 10.6 Å². The third-order valence-corrected chi connectivity index (χ3v) is 5.35. The minimum atomic E-state index is -0.676. The summed E-state index contributed by atoms with van der Waals surface area (Å²) >= 11 is 7.23. The van der Waals surface area contributed by atoms with Crippen molar-refractivity contribution >= 4 is 40.0 Å². The van der Waals surface area contributed by atoms with Crippen LogP contribution in [-0.4, -0.2) is 16.9 Å². The summed E-state index contributed by atoms with van der Waals surface area (Å²) < 4.78 is 5.54. The predicted molar refractivity (Wildman–Crippen MR) is 117 cm³/mol. The Hall–Kier alpha value is -3.42. The molecule has 2 heterocycles. The molecule has 2 aromatic carbocycles. The van der Waals surface area contributed by atoms with Gasteiger partial charge in [0.05, 0.1) is 0 Å². The van der Waals surface area contributed by atoms with Crippen molar-refractivity contribution in [2.75, 3.05) is 5.32 Å². The van der Waals surface area contributed by atoms with Crippen LogP contribution in [0.1, 0.15) is 21.0 Å². The van der Waals surface area contributed by atoms with E-state index in [1.165, 1.54) is 17.4 Å². The molecule has 4 aromatic rings. The Morgan fingerprint density at radius 2 is 1.77 bits per heavy atom. The standard InChI is InChI=1S/C22H16ClN3O3S/c23-16-8-6-15(7-9-16)18-10-11-19(29-18)20(27)25-21(28)26-22-24-13-17(30-22)12-14-4-2-1-3-5-14/h1-11,13H,12H2,(H2,24,25,26,27,28). The molecule has 0 unspecified atom stereocenters. The second kappa shape index (κ2) is 8.94. The van der Waals surface area contributed by atoms with Crippen molar-refractivity contribution in [2.24, 2.45) is 0 Å². The van der Waals surface area contributed by atoms with E-state index in [2.05, 4.69) is 15.6 Å². The van der Waals surface area contributed by atoms with E-state index in [0.29, 0.717) is 15.9 Å². The van der Waals surface area contributed by atoms with E-state index >= 15 is 0 Å². The third-order valence-electron chi connectivity index (χ3n) is 4.18. The predicted octanol–water partition coefficient (Wildman–Crippen LogP) is 5.61. The van der Waals surface area contributed by atoms with Crippen molar-refractivity contribution in [2.45, 2.75) is 6.42 Å². The number of carbonyl (C=O) groups excluding carboxylic acids is 2. The number of thiazole rings is 1. The SMILES string of the molecule is O=C(NC(=O)c1ccc(-c2ccc(Cl)cc2)o1)Nc1ncc(Cc2ccccc2)s1. The number of benzene rings is 2. The van der Waals surface area contributed by atoms with Gasteiger partial charge < -0.3 is 4.42 Å². The minimum absolute atomic E-state index is 0.0269. The first-order valence-corrected chi connectivity index (χ1v) is 10.2. The van der Waals surface area contributed by atoms with Crippen molar-refractivity contribution in [3.63, 3.8) is 0 Å². The number of halogens is 1. The summed E-state index contributed by atoms with van der Waals surface area (Å²) in [6.07, 6.45) is 2.43. The Labute approximate surface area is 181 Å². The number of anilines is 1. The Kier molecular flexibility index (Phi) is 5.92. The highest BCUT2D eigenvalue weighted by Gasteiger charge is 2.16. The number of nitrogens with one attached hydrogen (secondary N) is 2. The number of aromatic nitrogens is 1. The molecular weight excluding hydrogens is 422 g/mol. The van der Waals surface area contributed by atoms with Crippen molar-refractivity contribution in [1.29, 1.82) is 0 Å². The van der Waals surface area contributed by atoms with Gasteiger partial charge in [-0.15, -0.1) is 11.3 Å². The van der Waals surface area contributed by atoms with E-state index in [9.17, 15) is 9.59 Å². The van der Waals surface area contributed by atoms with Gasteiger partial charge >= 0.3 is 6.03 Å². The van der Waals surface area contributed by atoms with Crippen LogP contribution in [0.25, 0.3) is 11.3 Å². The zero-order valence-corrected chi connectivity index (χ0v) is 17.2. The van der Waals surface area contributed by atoms with Crippen LogP contribution in [0.5, 0.6) is 0 Å². The summed E-state index contributed by atoms with van der Waals surface area (Å²) in [5, 5.41) is 5.83. The largest absolute Gasteiger partial charge is 0.451 e. The second-order valence-corrected chi connectivity index (χ2v) is 7.92. The lowest BCUT2D eigenvalue weighted by Gasteiger charge is -2.02. The molecule has 0 aliphatic rings. The zero-order chi connectivity index (χ0) is 20.9. The lowest BCUT2D eigenvalue weighted by atomic mass is 10.1. The zero-order valence-electron chi connectivity index (χ0n) is 15.6. The summed E-state index contributed by atoms with van der Waals surface area (Å²) in [5.41, 5.74) is 1.93. The monoisotopic (exact) mass is 437 g/mol. The average molecular weight is 438 g/mol. The summed E-state index contributed by atoms with van der Waals surface area (Å²) in [6.45, 7) is 0. The van der Waals surface area contributed by atoms with Gasteiger partial charge in [-0.25, -0.2) is 9.78 Å². The van der Waals surface area contributed by atoms with E-state index in [-0.39, 0.29) is 5.76 Å². The number of furan rings is 1. The maximum absolute atomic E-state index is 12.3. The number of hydrogen-bond donors (Lipinski definition) is 2. The Morgan fingerprint density at radius 1 is 1.00 bits per heavy atom. The fraction of sp³-hybridized carbons (Fsp3) is 0.0455. The van der Waals surface area contributed by atoms with Crippen LogP contribution in [-0.2, 0) is 6.42 Å². The number of urea groups is 1. The first kappa shape index (κ1) is 19.9. The molecule has 30 heavy (non-hydrogen) atoms. The number of imide groups is 1. The van der Waals surface area contributed by atoms with Gasteiger partial charge in [0.25, 0.3) is 5.91 Å². The molecule has 2 N–H and O–H groups in total. The molecule has 3 amide bonds. The van der Waals surface area contributed by atoms with Gasteiger partial charge in [0.1, 0.15) is 5.76 Å². The first-order chi connectivity index (χ1) is 14.6. The highest BCUT2D eigenvalue weighted by molar-refractivity contribution is 7.15. The number of carbonyl (C=O) groups is 2. The van der Waals surface area contributed by atoms with E-state index < -0.39 is 11.9 Å². The van der Waals surface area contributed by atoms with Gasteiger partial charge in [0, 0.05) is 28.1 Å². The third kappa shape index (κ3) is 4.94. The van der Waals surface area contributed by atoms with Gasteiger partial charge in [-0.05, 0) is 42.0 Å². The molecule has 4 rings (SSSR count). The lowest BCUT2D eigenvalue weighted by Crippen LogP contribution is -2.34. The highest BCUT2D eigenvalue weighted by Crippen LogP contribution is 2.24. The molecule has 0 fully saturated rings. The topological polar surface area (TPSA) is 84.2 Å². The minimum Gasteiger partial charge on any atom is -0.451 e. The number of amides is 3. The molecule has 0 radical (unpaired) electrons. The fourth-order valence-electron chi connectivity index (χ4n) is 2.77. The molecule has 8 heteroatoms. The van der Waals surface area contributed by atoms with E-state index in [1.807, 2.05) is 30.3 Å². The molecule has 0 saturated carbocycles. The molecule has 150 valence electrons. The molecule has 0 aliphatic heterocycles. The maximum atomic E-state index is 12.3. The van der Waals surface area contributed by atoms with E-state index in [0.717, 1.165) is 22.4 Å². The van der Waals surface area contributed by atoms with Gasteiger partial charge in [0.2, 0.25) is 0 Å². The van der Waals surface area contributed by atoms with Gasteiger partial charge in [-0.2, -0.15) is 0 Å². The average Bonchev–Trinajstić information content (AvgIpc) is 3.39. The van der Waals surface area contributed by atoms with Crippen LogP contribution in [0.15, 0.2) is 77.3 Å². The van der Waals surface area contributed by atoms with Crippen LogP contribution >= 0.6 is 22.9 Å². The van der Waals surface area contributed by atoms with Crippen LogP contribution in [0.4, 0.5) is 9.93 Å². The quantitative estimate of drug-likeness (QED) is 0.425. The van der Waals surface area contributed by atoms with Crippen LogP contribution in [0.2, 0.25) is 5.02 Å². The summed E-state index contributed by atoms with van der Waals surface area (Å²) in [5.74, 6) is -0.115. The van der Waals surface area contributed by atoms with Crippen molar-refractivity contribution < 1.29 is 14.0 Å². The molecule has 0 aliphatic carbocycles. The molecule has 0 atom stereocenters. The molecular formula is C22H16ClN3O3S. The molecule has 0 saturated heterocycles. The van der Waals surface area contributed by atoms with Crippen molar-refractivity contribution in [1.82, 2.24) is 10.3 Å². The normalized spacial score (nSPS) is 10.6. The molecule has 0 bridgehead atoms. The lowest BCUT2D eigenvalue weighted by molar-refractivity contribution is 0.0940. The summed E-state index contributed by atoms with van der Waals surface area (Å²) in [4.78, 5) is 29.6. The summed E-state index contributed by atoms with van der Waals surface area (Å²) in [7, 11) is 0. The molecule has 0 spiro atoms. The van der Waals surface area contributed by atoms with Gasteiger partial charge in [-0.1, -0.05) is 41.9 Å². The van der Waals surface area contributed by atoms with E-state index in [4.69, 9.17) is 16.0 Å². The van der Waals surface area contributed by atoms with Crippen LogP contribution in [0, 0.1) is 0 Å². The maximum Gasteiger partial charge on any atom is 0.328 e. The molecule has 2 aromatic heterocycles. The first-order valence-electron chi connectivity index (χ1n) is 9.03. The van der Waals surface area contributed by atoms with E-state index in [1.54, 1.807) is 36.5 Å². The Bertz CT molecular complexity index is 1170. The number of rotatable bonds is 5. The van der Waals surface area contributed by atoms with Crippen molar-refractivity contribution in [3.05, 3.63) is 94.2 Å². The summed E-state index contributed by atoms with van der Waals surface area (Å²) in [6, 6.07) is 19.5. The highest BCUT2D eigenvalue weighted by atomic mass is 35.5. The second-order valence-electron chi connectivity index (χ2n) is 6.37. The number of nitrogens with zero attached hydrogens (tertiary/aromatic N) is 1. The Balaban J connectivity index is 1.34. The number of hydrogen-bond acceptors (Lipinski definition) is 5. The smallest absolute Gasteiger partial charge is 0.328 e. The van der Waals surface area contributed by atoms with Crippen LogP contribution in [0.3, 0.4) is 0 Å². The Morgan fingerprint density at radius 3 is 2.53 bits per heavy atom. The van der Waals surface area contributed by atoms with Crippen molar-refractivity contribution in [3.8, 4) is 11.3 Å². The fourth-order valence-corrected chi connectivity index (χ4v) is 3.73. The van der Waals surface area contributed by atoms with Gasteiger partial charge in [-0.3, -0.25) is 15.4 Å².